The van der Waals surface area contributed by atoms with Crippen molar-refractivity contribution < 1.29 is 13.9 Å². The fourth-order valence-electron chi connectivity index (χ4n) is 1.55. The van der Waals surface area contributed by atoms with Crippen LogP contribution in [0.5, 0.6) is 0 Å². The van der Waals surface area contributed by atoms with Crippen LogP contribution in [-0.4, -0.2) is 15.1 Å². The van der Waals surface area contributed by atoms with E-state index in [1.807, 2.05) is 0 Å². The zero-order valence-electron chi connectivity index (χ0n) is 9.06. The first-order chi connectivity index (χ1) is 8.00. The monoisotopic (exact) mass is 236 g/mol. The summed E-state index contributed by atoms with van der Waals surface area (Å²) >= 11 is 0. The third-order valence-electron chi connectivity index (χ3n) is 2.55. The van der Waals surface area contributed by atoms with Crippen LogP contribution in [0.25, 0.3) is 0 Å². The average molecular weight is 236 g/mol. The Hall–Kier alpha value is -1.88. The molecule has 1 heterocycles. The number of hydrogen-bond donors (Lipinski definition) is 1. The summed E-state index contributed by atoms with van der Waals surface area (Å²) in [6.45, 7) is 1.43. The minimum Gasteiger partial charge on any atom is -0.381 e. The van der Waals surface area contributed by atoms with Crippen molar-refractivity contribution in [3.8, 4) is 0 Å². The van der Waals surface area contributed by atoms with Gasteiger partial charge >= 0.3 is 0 Å². The van der Waals surface area contributed by atoms with Gasteiger partial charge in [-0.05, 0) is 24.6 Å². The maximum atomic E-state index is 13.1. The predicted molar refractivity (Wildman–Crippen MR) is 57.1 cm³/mol. The Morgan fingerprint density at radius 2 is 1.53 bits per heavy atom. The number of aliphatic hydroxyl groups is 1. The van der Waals surface area contributed by atoms with E-state index < -0.39 is 17.2 Å². The molecular formula is C12H10F2N2O. The summed E-state index contributed by atoms with van der Waals surface area (Å²) in [5.41, 5.74) is -1.06. The number of halogens is 2. The molecule has 1 aromatic carbocycles. The molecule has 1 atom stereocenters. The van der Waals surface area contributed by atoms with Crippen LogP contribution in [0.1, 0.15) is 18.1 Å². The van der Waals surface area contributed by atoms with E-state index in [1.54, 1.807) is 0 Å². The summed E-state index contributed by atoms with van der Waals surface area (Å²) in [5, 5.41) is 10.3. The van der Waals surface area contributed by atoms with Crippen molar-refractivity contribution in [2.45, 2.75) is 12.5 Å². The quantitative estimate of drug-likeness (QED) is 0.867. The third-order valence-corrected chi connectivity index (χ3v) is 2.55. The highest BCUT2D eigenvalue weighted by atomic mass is 19.1. The molecule has 0 aliphatic carbocycles. The first kappa shape index (κ1) is 11.6. The van der Waals surface area contributed by atoms with E-state index in [0.717, 1.165) is 18.2 Å². The lowest BCUT2D eigenvalue weighted by Gasteiger charge is -2.23. The SMILES string of the molecule is CC(O)(c1cncnc1)c1cc(F)cc(F)c1. The molecule has 0 amide bonds. The van der Waals surface area contributed by atoms with Crippen molar-refractivity contribution in [2.24, 2.45) is 0 Å². The molecule has 0 saturated heterocycles. The Kier molecular flexibility index (Phi) is 2.85. The lowest BCUT2D eigenvalue weighted by atomic mass is 9.90. The second-order valence-electron chi connectivity index (χ2n) is 3.86. The summed E-state index contributed by atoms with van der Waals surface area (Å²) in [6, 6.07) is 2.91. The number of rotatable bonds is 2. The van der Waals surface area contributed by atoms with Crippen LogP contribution in [-0.2, 0) is 5.60 Å². The van der Waals surface area contributed by atoms with Crippen LogP contribution in [0.3, 0.4) is 0 Å². The highest BCUT2D eigenvalue weighted by Crippen LogP contribution is 2.28. The Morgan fingerprint density at radius 3 is 2.06 bits per heavy atom. The molecule has 0 aliphatic rings. The fourth-order valence-corrected chi connectivity index (χ4v) is 1.55. The molecule has 0 saturated carbocycles. The van der Waals surface area contributed by atoms with Gasteiger partial charge in [0.1, 0.15) is 23.6 Å². The predicted octanol–water partition coefficient (Wildman–Crippen LogP) is 2.01. The zero-order chi connectivity index (χ0) is 12.5. The van der Waals surface area contributed by atoms with Crippen molar-refractivity contribution in [1.29, 1.82) is 0 Å². The average Bonchev–Trinajstić information content (AvgIpc) is 2.29. The van der Waals surface area contributed by atoms with Crippen LogP contribution in [0.15, 0.2) is 36.9 Å². The number of nitrogens with zero attached hydrogens (tertiary/aromatic N) is 2. The Bertz CT molecular complexity index is 509. The van der Waals surface area contributed by atoms with Gasteiger partial charge in [0.25, 0.3) is 0 Å². The van der Waals surface area contributed by atoms with Crippen LogP contribution in [0.2, 0.25) is 0 Å². The third kappa shape index (κ3) is 2.29. The smallest absolute Gasteiger partial charge is 0.126 e. The standard InChI is InChI=1S/C12H10F2N2O/c1-12(17,9-5-15-7-16-6-9)8-2-10(13)4-11(14)3-8/h2-7,17H,1H3. The largest absolute Gasteiger partial charge is 0.381 e. The van der Waals surface area contributed by atoms with Gasteiger partial charge in [-0.3, -0.25) is 0 Å². The van der Waals surface area contributed by atoms with E-state index in [0.29, 0.717) is 5.56 Å². The van der Waals surface area contributed by atoms with Gasteiger partial charge in [-0.1, -0.05) is 0 Å². The molecular weight excluding hydrogens is 226 g/mol. The number of hydrogen-bond acceptors (Lipinski definition) is 3. The van der Waals surface area contributed by atoms with Crippen molar-refractivity contribution >= 4 is 0 Å². The Labute approximate surface area is 96.8 Å². The zero-order valence-corrected chi connectivity index (χ0v) is 9.06. The van der Waals surface area contributed by atoms with E-state index in [2.05, 4.69) is 9.97 Å². The summed E-state index contributed by atoms with van der Waals surface area (Å²) in [7, 11) is 0. The highest BCUT2D eigenvalue weighted by molar-refractivity contribution is 5.33. The second kappa shape index (κ2) is 4.18. The van der Waals surface area contributed by atoms with Gasteiger partial charge in [0.05, 0.1) is 0 Å². The molecule has 88 valence electrons. The molecule has 2 rings (SSSR count). The maximum Gasteiger partial charge on any atom is 0.126 e. The van der Waals surface area contributed by atoms with Gasteiger partial charge in [0.2, 0.25) is 0 Å². The molecule has 0 fully saturated rings. The molecule has 0 bridgehead atoms. The van der Waals surface area contributed by atoms with Gasteiger partial charge < -0.3 is 5.11 Å². The summed E-state index contributed by atoms with van der Waals surface area (Å²) in [4.78, 5) is 7.53. The minimum absolute atomic E-state index is 0.116. The van der Waals surface area contributed by atoms with Crippen molar-refractivity contribution in [3.05, 3.63) is 59.7 Å². The highest BCUT2D eigenvalue weighted by Gasteiger charge is 2.27. The van der Waals surface area contributed by atoms with Crippen LogP contribution >= 0.6 is 0 Å². The van der Waals surface area contributed by atoms with E-state index >= 15 is 0 Å². The molecule has 1 aromatic heterocycles. The van der Waals surface area contributed by atoms with Gasteiger partial charge in [-0.2, -0.15) is 0 Å². The maximum absolute atomic E-state index is 13.1. The topological polar surface area (TPSA) is 46.0 Å². The molecule has 1 unspecified atom stereocenters. The van der Waals surface area contributed by atoms with E-state index in [1.165, 1.54) is 25.6 Å². The van der Waals surface area contributed by atoms with Crippen LogP contribution in [0, 0.1) is 11.6 Å². The summed E-state index contributed by atoms with van der Waals surface area (Å²) in [5.74, 6) is -1.48. The van der Waals surface area contributed by atoms with Crippen LogP contribution < -0.4 is 0 Å². The van der Waals surface area contributed by atoms with Crippen molar-refractivity contribution in [2.75, 3.05) is 0 Å². The van der Waals surface area contributed by atoms with Crippen molar-refractivity contribution in [1.82, 2.24) is 9.97 Å². The van der Waals surface area contributed by atoms with E-state index in [9.17, 15) is 13.9 Å². The van der Waals surface area contributed by atoms with Gasteiger partial charge in [-0.25, -0.2) is 18.7 Å². The molecule has 0 spiro atoms. The first-order valence-corrected chi connectivity index (χ1v) is 4.94. The van der Waals surface area contributed by atoms with E-state index in [-0.39, 0.29) is 5.56 Å². The molecule has 0 radical (unpaired) electrons. The molecule has 2 aromatic rings. The molecule has 1 N–H and O–H groups in total. The molecule has 17 heavy (non-hydrogen) atoms. The molecule has 0 aliphatic heterocycles. The summed E-state index contributed by atoms with van der Waals surface area (Å²) in [6.07, 6.45) is 4.11. The van der Waals surface area contributed by atoms with Gasteiger partial charge in [0, 0.05) is 24.0 Å². The number of benzene rings is 1. The molecule has 3 nitrogen and oxygen atoms in total. The Balaban J connectivity index is 2.51. The van der Waals surface area contributed by atoms with E-state index in [4.69, 9.17) is 0 Å². The Morgan fingerprint density at radius 1 is 1.00 bits per heavy atom. The van der Waals surface area contributed by atoms with Crippen molar-refractivity contribution in [3.63, 3.8) is 0 Å². The lowest BCUT2D eigenvalue weighted by Crippen LogP contribution is -2.23. The second-order valence-corrected chi connectivity index (χ2v) is 3.86. The normalized spacial score (nSPS) is 14.4. The molecule has 5 heteroatoms. The fraction of sp³-hybridized carbons (Fsp3) is 0.167. The minimum atomic E-state index is -1.54. The number of aromatic nitrogens is 2. The summed E-state index contributed by atoms with van der Waals surface area (Å²) < 4.78 is 26.2. The van der Waals surface area contributed by atoms with Crippen LogP contribution in [0.4, 0.5) is 8.78 Å². The first-order valence-electron chi connectivity index (χ1n) is 4.94. The lowest BCUT2D eigenvalue weighted by molar-refractivity contribution is 0.101. The van der Waals surface area contributed by atoms with Gasteiger partial charge in [0.15, 0.2) is 0 Å². The van der Waals surface area contributed by atoms with Gasteiger partial charge in [-0.15, -0.1) is 0 Å².